The number of rotatable bonds is 3. The van der Waals surface area contributed by atoms with Crippen LogP contribution in [-0.4, -0.2) is 13.1 Å². The number of carbonyl (C=O) groups is 1. The molecule has 76 valence electrons. The van der Waals surface area contributed by atoms with Gasteiger partial charge >= 0.3 is 5.97 Å². The summed E-state index contributed by atoms with van der Waals surface area (Å²) in [5, 5.41) is 0. The average molecular weight is 195 g/mol. The van der Waals surface area contributed by atoms with Gasteiger partial charge in [-0.25, -0.2) is 0 Å². The first-order valence-corrected chi connectivity index (χ1v) is 4.31. The third kappa shape index (κ3) is 2.39. The van der Waals surface area contributed by atoms with Crippen molar-refractivity contribution in [3.8, 4) is 11.5 Å². The van der Waals surface area contributed by atoms with E-state index in [1.54, 1.807) is 32.2 Å². The van der Waals surface area contributed by atoms with Gasteiger partial charge in [-0.1, -0.05) is 6.92 Å². The van der Waals surface area contributed by atoms with E-state index in [0.29, 0.717) is 23.6 Å². The van der Waals surface area contributed by atoms with Crippen molar-refractivity contribution in [3.05, 3.63) is 18.2 Å². The van der Waals surface area contributed by atoms with E-state index in [0.717, 1.165) is 0 Å². The number of nitrogen functional groups attached to an aromatic ring is 1. The van der Waals surface area contributed by atoms with Crippen LogP contribution in [0.15, 0.2) is 18.2 Å². The molecule has 0 aliphatic heterocycles. The summed E-state index contributed by atoms with van der Waals surface area (Å²) in [6.07, 6.45) is 0.325. The van der Waals surface area contributed by atoms with Crippen molar-refractivity contribution in [1.82, 2.24) is 0 Å². The Morgan fingerprint density at radius 3 is 2.71 bits per heavy atom. The molecule has 0 aliphatic carbocycles. The minimum atomic E-state index is -0.304. The lowest BCUT2D eigenvalue weighted by Crippen LogP contribution is -2.07. The molecule has 2 N–H and O–H groups in total. The van der Waals surface area contributed by atoms with Crippen LogP contribution in [0.25, 0.3) is 0 Å². The van der Waals surface area contributed by atoms with E-state index in [4.69, 9.17) is 15.2 Å². The number of esters is 1. The third-order valence-corrected chi connectivity index (χ3v) is 1.73. The highest BCUT2D eigenvalue weighted by Gasteiger charge is 2.06. The normalized spacial score (nSPS) is 9.57. The fraction of sp³-hybridized carbons (Fsp3) is 0.300. The summed E-state index contributed by atoms with van der Waals surface area (Å²) in [6, 6.07) is 4.91. The lowest BCUT2D eigenvalue weighted by Gasteiger charge is -2.07. The van der Waals surface area contributed by atoms with Crippen LogP contribution in [0.1, 0.15) is 13.3 Å². The van der Waals surface area contributed by atoms with Gasteiger partial charge in [0.15, 0.2) is 5.75 Å². The summed E-state index contributed by atoms with van der Waals surface area (Å²) in [4.78, 5) is 11.0. The Hall–Kier alpha value is -1.71. The van der Waals surface area contributed by atoms with Gasteiger partial charge in [-0.3, -0.25) is 4.79 Å². The highest BCUT2D eigenvalue weighted by molar-refractivity contribution is 5.74. The van der Waals surface area contributed by atoms with Crippen molar-refractivity contribution in [2.24, 2.45) is 0 Å². The predicted molar refractivity (Wildman–Crippen MR) is 53.3 cm³/mol. The molecule has 0 amide bonds. The fourth-order valence-corrected chi connectivity index (χ4v) is 0.941. The second-order valence-electron chi connectivity index (χ2n) is 2.73. The lowest BCUT2D eigenvalue weighted by molar-refractivity contribution is -0.133. The number of anilines is 1. The van der Waals surface area contributed by atoms with Crippen molar-refractivity contribution in [2.75, 3.05) is 12.8 Å². The molecule has 1 aromatic rings. The first-order chi connectivity index (χ1) is 6.67. The number of carbonyl (C=O) groups excluding carboxylic acids is 1. The predicted octanol–water partition coefficient (Wildman–Crippen LogP) is 1.59. The van der Waals surface area contributed by atoms with Crippen LogP contribution in [0, 0.1) is 0 Å². The van der Waals surface area contributed by atoms with Crippen LogP contribution in [0.3, 0.4) is 0 Å². The van der Waals surface area contributed by atoms with Crippen LogP contribution in [-0.2, 0) is 4.79 Å². The molecule has 0 spiro atoms. The number of hydrogen-bond acceptors (Lipinski definition) is 4. The van der Waals surface area contributed by atoms with Crippen LogP contribution < -0.4 is 15.2 Å². The molecule has 0 bridgehead atoms. The molecule has 0 aromatic heterocycles. The molecule has 0 atom stereocenters. The Morgan fingerprint density at radius 2 is 2.21 bits per heavy atom. The maximum absolute atomic E-state index is 11.0. The molecule has 4 heteroatoms. The molecule has 0 fully saturated rings. The first-order valence-electron chi connectivity index (χ1n) is 4.31. The van der Waals surface area contributed by atoms with Crippen molar-refractivity contribution in [3.63, 3.8) is 0 Å². The van der Waals surface area contributed by atoms with Gasteiger partial charge < -0.3 is 15.2 Å². The van der Waals surface area contributed by atoms with Gasteiger partial charge in [-0.05, 0) is 12.1 Å². The van der Waals surface area contributed by atoms with E-state index in [2.05, 4.69) is 0 Å². The van der Waals surface area contributed by atoms with Gasteiger partial charge in [0.1, 0.15) is 5.75 Å². The van der Waals surface area contributed by atoms with E-state index < -0.39 is 0 Å². The molecular formula is C10H13NO3. The Bertz CT molecular complexity index is 336. The monoisotopic (exact) mass is 195 g/mol. The number of benzene rings is 1. The lowest BCUT2D eigenvalue weighted by atomic mass is 10.3. The van der Waals surface area contributed by atoms with Crippen molar-refractivity contribution < 1.29 is 14.3 Å². The highest BCUT2D eigenvalue weighted by Crippen LogP contribution is 2.26. The number of ether oxygens (including phenoxy) is 2. The second kappa shape index (κ2) is 4.50. The smallest absolute Gasteiger partial charge is 0.310 e. The molecule has 0 heterocycles. The first kappa shape index (κ1) is 10.4. The summed E-state index contributed by atoms with van der Waals surface area (Å²) in [6.45, 7) is 1.72. The van der Waals surface area contributed by atoms with Crippen LogP contribution in [0.2, 0.25) is 0 Å². The molecule has 14 heavy (non-hydrogen) atoms. The summed E-state index contributed by atoms with van der Waals surface area (Å²) in [5.74, 6) is 0.707. The maximum Gasteiger partial charge on any atom is 0.310 e. The van der Waals surface area contributed by atoms with Crippen molar-refractivity contribution in [1.29, 1.82) is 0 Å². The Morgan fingerprint density at radius 1 is 1.50 bits per heavy atom. The summed E-state index contributed by atoms with van der Waals surface area (Å²) < 4.78 is 9.94. The van der Waals surface area contributed by atoms with Gasteiger partial charge in [-0.15, -0.1) is 0 Å². The minimum absolute atomic E-state index is 0.304. The van der Waals surface area contributed by atoms with E-state index in [1.807, 2.05) is 0 Å². The van der Waals surface area contributed by atoms with Crippen LogP contribution in [0.5, 0.6) is 11.5 Å². The molecule has 0 saturated heterocycles. The maximum atomic E-state index is 11.0. The van der Waals surface area contributed by atoms with Gasteiger partial charge in [0, 0.05) is 12.5 Å². The highest BCUT2D eigenvalue weighted by atomic mass is 16.5. The second-order valence-corrected chi connectivity index (χ2v) is 2.73. The summed E-state index contributed by atoms with van der Waals surface area (Å²) >= 11 is 0. The van der Waals surface area contributed by atoms with E-state index in [1.165, 1.54) is 0 Å². The van der Waals surface area contributed by atoms with Gasteiger partial charge in [-0.2, -0.15) is 0 Å². The third-order valence-electron chi connectivity index (χ3n) is 1.73. The summed E-state index contributed by atoms with van der Waals surface area (Å²) in [5.41, 5.74) is 6.04. The average Bonchev–Trinajstić information content (AvgIpc) is 2.20. The minimum Gasteiger partial charge on any atom is -0.497 e. The zero-order chi connectivity index (χ0) is 10.6. The standard InChI is InChI=1S/C10H13NO3/c1-3-10(12)14-9-5-4-7(13-2)6-8(9)11/h4-6H,3,11H2,1-2H3. The molecule has 0 radical (unpaired) electrons. The number of hydrogen-bond donors (Lipinski definition) is 1. The van der Waals surface area contributed by atoms with Crippen LogP contribution in [0.4, 0.5) is 5.69 Å². The fourth-order valence-electron chi connectivity index (χ4n) is 0.941. The van der Waals surface area contributed by atoms with Gasteiger partial charge in [0.2, 0.25) is 0 Å². The van der Waals surface area contributed by atoms with E-state index in [-0.39, 0.29) is 5.97 Å². The molecule has 1 aromatic carbocycles. The topological polar surface area (TPSA) is 61.5 Å². The zero-order valence-corrected chi connectivity index (χ0v) is 8.24. The van der Waals surface area contributed by atoms with E-state index in [9.17, 15) is 4.79 Å². The quantitative estimate of drug-likeness (QED) is 0.452. The van der Waals surface area contributed by atoms with Crippen molar-refractivity contribution >= 4 is 11.7 Å². The largest absolute Gasteiger partial charge is 0.497 e. The van der Waals surface area contributed by atoms with Gasteiger partial charge in [0.05, 0.1) is 12.8 Å². The Kier molecular flexibility index (Phi) is 3.34. The Labute approximate surface area is 82.6 Å². The molecule has 0 saturated carbocycles. The summed E-state index contributed by atoms with van der Waals surface area (Å²) in [7, 11) is 1.55. The van der Waals surface area contributed by atoms with E-state index >= 15 is 0 Å². The Balaban J connectivity index is 2.83. The zero-order valence-electron chi connectivity index (χ0n) is 8.24. The molecular weight excluding hydrogens is 182 g/mol. The SMILES string of the molecule is CCC(=O)Oc1ccc(OC)cc1N. The molecule has 1 rings (SSSR count). The molecule has 4 nitrogen and oxygen atoms in total. The van der Waals surface area contributed by atoms with Crippen LogP contribution >= 0.6 is 0 Å². The molecule has 0 unspecified atom stereocenters. The molecule has 0 aliphatic rings. The number of methoxy groups -OCH3 is 1. The number of nitrogens with two attached hydrogens (primary N) is 1. The van der Waals surface area contributed by atoms with Crippen molar-refractivity contribution in [2.45, 2.75) is 13.3 Å². The van der Waals surface area contributed by atoms with Gasteiger partial charge in [0.25, 0.3) is 0 Å².